The molecule has 2 heterocycles. The number of likely N-dealkylation sites (tertiary alicyclic amines) is 1. The van der Waals surface area contributed by atoms with Crippen LogP contribution >= 0.6 is 34.5 Å². The number of nitrogens with zero attached hydrogens (tertiary/aromatic N) is 3. The van der Waals surface area contributed by atoms with Crippen LogP contribution in [0.3, 0.4) is 0 Å². The first-order valence-electron chi connectivity index (χ1n) is 33.9. The number of halogens is 2. The lowest BCUT2D eigenvalue weighted by Gasteiger charge is -2.30. The summed E-state index contributed by atoms with van der Waals surface area (Å²) in [5, 5.41) is 47.0. The van der Waals surface area contributed by atoms with E-state index in [4.69, 9.17) is 51.9 Å². The van der Waals surface area contributed by atoms with Crippen LogP contribution in [0.15, 0.2) is 143 Å². The van der Waals surface area contributed by atoms with Crippen LogP contribution in [0.4, 0.5) is 0 Å². The normalized spacial score (nSPS) is 15.1. The third-order valence-corrected chi connectivity index (χ3v) is 18.7. The largest absolute Gasteiger partial charge is 0.508 e. The van der Waals surface area contributed by atoms with Gasteiger partial charge in [-0.05, 0) is 122 Å². The molecule has 5 aromatic carbocycles. The van der Waals surface area contributed by atoms with Gasteiger partial charge in [-0.2, -0.15) is 0 Å². The molecule has 30 nitrogen and oxygen atoms in total. The van der Waals surface area contributed by atoms with Crippen molar-refractivity contribution in [2.24, 2.45) is 38.7 Å². The Balaban J connectivity index is 1.17. The third-order valence-electron chi connectivity index (χ3n) is 17.1. The molecular formula is C72H89Cl2N17O13S. The van der Waals surface area contributed by atoms with E-state index in [1.807, 2.05) is 30.3 Å². The summed E-state index contributed by atoms with van der Waals surface area (Å²) in [5.74, 6) is -9.78. The number of aliphatic imine (C=N–C) groups is 2. The summed E-state index contributed by atoms with van der Waals surface area (Å²) in [7, 11) is 0. The van der Waals surface area contributed by atoms with E-state index >= 15 is 4.79 Å². The van der Waals surface area contributed by atoms with Gasteiger partial charge in [0.05, 0.1) is 6.61 Å². The molecule has 0 radical (unpaired) electrons. The number of nitrogens with two attached hydrogens (primary N) is 5. The second-order valence-corrected chi connectivity index (χ2v) is 27.3. The molecule has 1 saturated heterocycles. The van der Waals surface area contributed by atoms with Crippen LogP contribution in [0.2, 0.25) is 10.0 Å². The fraction of sp³-hybridized carbons (Fsp3) is 0.375. The number of phenolic OH excluding ortho intramolecular Hbond substituents is 1. The van der Waals surface area contributed by atoms with Gasteiger partial charge >= 0.3 is 0 Å². The van der Waals surface area contributed by atoms with E-state index in [2.05, 4.69) is 57.8 Å². The van der Waals surface area contributed by atoms with E-state index in [0.29, 0.717) is 43.6 Å². The highest BCUT2D eigenvalue weighted by Crippen LogP contribution is 2.27. The summed E-state index contributed by atoms with van der Waals surface area (Å²) in [6.07, 6.45) is -0.257. The van der Waals surface area contributed by atoms with Crippen molar-refractivity contribution in [1.29, 1.82) is 0 Å². The lowest BCUT2D eigenvalue weighted by Crippen LogP contribution is -2.61. The minimum atomic E-state index is -1.84. The van der Waals surface area contributed by atoms with Crippen LogP contribution in [0, 0.1) is 0 Å². The first-order chi connectivity index (χ1) is 50.1. The molecular weight excluding hydrogens is 1410 g/mol. The number of fused-ring (bicyclic) bond motifs is 1. The van der Waals surface area contributed by atoms with Gasteiger partial charge in [0.25, 0.3) is 0 Å². The van der Waals surface area contributed by atoms with Crippen molar-refractivity contribution in [3.05, 3.63) is 171 Å². The van der Waals surface area contributed by atoms with Crippen molar-refractivity contribution in [3.8, 4) is 5.75 Å². The molecule has 1 aliphatic rings. The maximum absolute atomic E-state index is 15.0. The van der Waals surface area contributed by atoms with Crippen LogP contribution in [0.1, 0.15) is 79.5 Å². The lowest BCUT2D eigenvalue weighted by molar-refractivity contribution is -0.142. The van der Waals surface area contributed by atoms with Crippen molar-refractivity contribution in [1.82, 2.24) is 52.8 Å². The van der Waals surface area contributed by atoms with E-state index in [1.54, 1.807) is 78.9 Å². The number of hydrogen-bond donors (Lipinski definition) is 16. The number of aliphatic hydroxyl groups is 1. The van der Waals surface area contributed by atoms with E-state index in [1.165, 1.54) is 54.3 Å². The van der Waals surface area contributed by atoms with Gasteiger partial charge in [0.2, 0.25) is 65.0 Å². The molecule has 7 rings (SSSR count). The van der Waals surface area contributed by atoms with Gasteiger partial charge in [0.15, 0.2) is 11.9 Å². The lowest BCUT2D eigenvalue weighted by atomic mass is 10.0. The summed E-state index contributed by atoms with van der Waals surface area (Å²) in [5.41, 5.74) is 30.0. The minimum Gasteiger partial charge on any atom is -0.508 e. The summed E-state index contributed by atoms with van der Waals surface area (Å²) in [4.78, 5) is 166. The van der Waals surface area contributed by atoms with Crippen molar-refractivity contribution in [3.63, 3.8) is 0 Å². The number of nitrogens with one attached hydrogen (secondary N) is 9. The Morgan fingerprint density at radius 1 is 0.505 bits per heavy atom. The fourth-order valence-electron chi connectivity index (χ4n) is 11.6. The number of amides is 11. The van der Waals surface area contributed by atoms with Crippen molar-refractivity contribution in [2.45, 2.75) is 145 Å². The van der Waals surface area contributed by atoms with Gasteiger partial charge in [-0.3, -0.25) is 62.7 Å². The smallest absolute Gasteiger partial charge is 0.245 e. The maximum Gasteiger partial charge on any atom is 0.245 e. The highest BCUT2D eigenvalue weighted by atomic mass is 35.5. The number of rotatable bonds is 38. The number of thiophene rings is 1. The Hall–Kier alpha value is -10.9. The number of guanidine groups is 2. The number of aromatic hydroxyl groups is 1. The molecule has 1 aliphatic heterocycles. The molecule has 0 aliphatic carbocycles. The van der Waals surface area contributed by atoms with E-state index in [-0.39, 0.29) is 102 Å². The highest BCUT2D eigenvalue weighted by Gasteiger charge is 2.40. The molecule has 0 unspecified atom stereocenters. The molecule has 560 valence electrons. The molecule has 1 fully saturated rings. The Labute approximate surface area is 620 Å². The molecule has 21 N–H and O–H groups in total. The van der Waals surface area contributed by atoms with Gasteiger partial charge in [-0.25, -0.2) is 0 Å². The topological polar surface area (TPSA) is 495 Å². The number of hydrogen-bond acceptors (Lipinski definition) is 16. The average Bonchev–Trinajstić information content (AvgIpc) is 1.74. The number of aliphatic hydroxyl groups excluding tert-OH is 1. The molecule has 33 heteroatoms. The van der Waals surface area contributed by atoms with Gasteiger partial charge < -0.3 is 91.6 Å². The van der Waals surface area contributed by atoms with E-state index < -0.39 is 132 Å². The molecule has 0 saturated carbocycles. The van der Waals surface area contributed by atoms with Gasteiger partial charge in [0.1, 0.15) is 66.2 Å². The quantitative estimate of drug-likeness (QED) is 0.0142. The van der Waals surface area contributed by atoms with Crippen LogP contribution in [-0.4, -0.2) is 179 Å². The predicted octanol–water partition coefficient (Wildman–Crippen LogP) is 0.406. The molecule has 105 heavy (non-hydrogen) atoms. The fourth-order valence-corrected chi connectivity index (χ4v) is 12.9. The van der Waals surface area contributed by atoms with E-state index in [9.17, 15) is 58.2 Å². The number of phenols is 1. The Morgan fingerprint density at radius 3 is 1.37 bits per heavy atom. The van der Waals surface area contributed by atoms with Crippen molar-refractivity contribution in [2.75, 3.05) is 26.2 Å². The molecule has 0 bridgehead atoms. The monoisotopic (exact) mass is 1500 g/mol. The number of carbonyl (C=O) groups is 11. The Kier molecular flexibility index (Phi) is 31.2. The second-order valence-electron chi connectivity index (χ2n) is 25.3. The Bertz CT molecular complexity index is 4040. The summed E-state index contributed by atoms with van der Waals surface area (Å²) >= 11 is 13.7. The zero-order valence-electron chi connectivity index (χ0n) is 57.9. The summed E-state index contributed by atoms with van der Waals surface area (Å²) in [6.45, 7) is 1.66. The minimum absolute atomic E-state index is 0.00397. The maximum atomic E-state index is 15.0. The highest BCUT2D eigenvalue weighted by molar-refractivity contribution is 7.19. The number of primary amides is 1. The zero-order chi connectivity index (χ0) is 76.3. The third kappa shape index (κ3) is 26.1. The SMILES string of the molecule is CC(=O)N[C@H](Cc1ccc(Cl)cc1)C(=O)N[C@H](Cc1ccc(Cl)cc1)C(=O)N[C@H](Cc1cc2ccccc2s1)C(=O)N[C@@H](CO)C(=O)N[C@@H](Cc1ccc(O)cc1)C(=O)N[C@H](CCCN=C(N)N)C(=O)N[C@@H](Cc1ccccc1)C(=O)N[C@@H](CCCN=C(N)N)C(=O)N1CCC[C@H]1C(=O)N[C@H](C)C(N)=O. The van der Waals surface area contributed by atoms with Gasteiger partial charge in [-0.1, -0.05) is 108 Å². The summed E-state index contributed by atoms with van der Waals surface area (Å²) in [6, 6.07) is 22.3. The van der Waals surface area contributed by atoms with Crippen LogP contribution in [-0.2, 0) is 84.8 Å². The molecule has 10 atom stereocenters. The van der Waals surface area contributed by atoms with Gasteiger partial charge in [0, 0.05) is 78.3 Å². The van der Waals surface area contributed by atoms with Crippen LogP contribution in [0.5, 0.6) is 5.75 Å². The Morgan fingerprint density at radius 2 is 0.905 bits per heavy atom. The summed E-state index contributed by atoms with van der Waals surface area (Å²) < 4.78 is 0.842. The number of benzene rings is 5. The van der Waals surface area contributed by atoms with Gasteiger partial charge in [-0.15, -0.1) is 11.3 Å². The molecule has 11 amide bonds. The van der Waals surface area contributed by atoms with Crippen LogP contribution in [0.25, 0.3) is 10.1 Å². The average molecular weight is 1500 g/mol. The first kappa shape index (κ1) is 81.4. The van der Waals surface area contributed by atoms with E-state index in [0.717, 1.165) is 10.1 Å². The molecule has 1 aromatic heterocycles. The molecule has 0 spiro atoms. The second kappa shape index (κ2) is 40.2. The first-order valence-corrected chi connectivity index (χ1v) is 35.5. The number of carbonyl (C=O) groups excluding carboxylic acids is 11. The standard InChI is InChI=1S/C72H89Cl2N17O13S/c1-40(61(75)95)82-69(103)59-16-10-32-91(59)70(104)52(15-9-31-81-72(78)79)85-65(99)54(33-42-11-4-3-5-12-42)86-62(96)51(14-8-30-80-71(76)77)84-64(98)55(36-45-22-28-49(94)29-23-45)88-68(102)58(39-92)90-67(101)57(38-50-37-46-13-6-7-17-60(46)105-50)89-66(100)56(35-44-20-26-48(74)27-21-44)87-63(97)53(83-41(2)93)34-43-18-24-47(73)25-19-43/h3-7,11-13,17-29,37,40,51-59,92,94H,8-10,14-16,30-36,38-39H2,1-2H3,(H2,75,95)(H,82,103)(H,83,93)(H,84,98)(H,85,99)(H,86,96)(H,87,97)(H,88,102)(H,89,100)(H,90,101)(H4,76,77,80)(H4,78,79,81)/t40-,51-,52+,53-,54+,55+,56-,57-,58+,59+/m1/s1. The molecule has 6 aromatic rings. The van der Waals surface area contributed by atoms with Crippen molar-refractivity contribution >= 4 is 122 Å². The zero-order valence-corrected chi connectivity index (χ0v) is 60.2. The predicted molar refractivity (Wildman–Crippen MR) is 397 cm³/mol. The van der Waals surface area contributed by atoms with Crippen LogP contribution < -0.4 is 76.5 Å². The van der Waals surface area contributed by atoms with Crippen molar-refractivity contribution < 1.29 is 63.0 Å².